The SMILES string of the molecule is OC1CCN(c2cc(Cl)c(OCc3ccc(F)cc3)cc2F)C1. The Bertz CT molecular complexity index is 694. The molecule has 1 N–H and O–H groups in total. The summed E-state index contributed by atoms with van der Waals surface area (Å²) in [6.45, 7) is 1.15. The van der Waals surface area contributed by atoms with Crippen molar-refractivity contribution in [1.82, 2.24) is 0 Å². The lowest BCUT2D eigenvalue weighted by atomic mass is 10.2. The summed E-state index contributed by atoms with van der Waals surface area (Å²) < 4.78 is 32.6. The molecule has 1 unspecified atom stereocenters. The molecular weight excluding hydrogens is 324 g/mol. The highest BCUT2D eigenvalue weighted by Crippen LogP contribution is 2.34. The number of ether oxygens (including phenoxy) is 1. The van der Waals surface area contributed by atoms with E-state index in [-0.39, 0.29) is 18.2 Å². The number of halogens is 3. The average Bonchev–Trinajstić information content (AvgIpc) is 2.95. The molecule has 2 aromatic carbocycles. The van der Waals surface area contributed by atoms with Crippen LogP contribution >= 0.6 is 11.6 Å². The lowest BCUT2D eigenvalue weighted by Crippen LogP contribution is -2.22. The highest BCUT2D eigenvalue weighted by atomic mass is 35.5. The molecule has 0 amide bonds. The number of aliphatic hydroxyl groups is 1. The van der Waals surface area contributed by atoms with Gasteiger partial charge in [0.2, 0.25) is 0 Å². The molecule has 0 bridgehead atoms. The molecule has 1 atom stereocenters. The molecule has 23 heavy (non-hydrogen) atoms. The molecule has 3 rings (SSSR count). The normalized spacial score (nSPS) is 17.6. The van der Waals surface area contributed by atoms with Crippen molar-refractivity contribution in [1.29, 1.82) is 0 Å². The zero-order valence-electron chi connectivity index (χ0n) is 12.3. The van der Waals surface area contributed by atoms with Crippen LogP contribution in [0.25, 0.3) is 0 Å². The van der Waals surface area contributed by atoms with Crippen LogP contribution in [0.4, 0.5) is 14.5 Å². The summed E-state index contributed by atoms with van der Waals surface area (Å²) in [6, 6.07) is 8.62. The fourth-order valence-corrected chi connectivity index (χ4v) is 2.79. The first kappa shape index (κ1) is 16.0. The van der Waals surface area contributed by atoms with Gasteiger partial charge in [-0.05, 0) is 30.2 Å². The van der Waals surface area contributed by atoms with E-state index >= 15 is 0 Å². The smallest absolute Gasteiger partial charge is 0.150 e. The van der Waals surface area contributed by atoms with Crippen molar-refractivity contribution in [2.45, 2.75) is 19.1 Å². The lowest BCUT2D eigenvalue weighted by molar-refractivity contribution is 0.198. The number of hydrogen-bond acceptors (Lipinski definition) is 3. The predicted molar refractivity (Wildman–Crippen MR) is 85.0 cm³/mol. The summed E-state index contributed by atoms with van der Waals surface area (Å²) in [5.74, 6) is -0.537. The van der Waals surface area contributed by atoms with Crippen LogP contribution in [-0.4, -0.2) is 24.3 Å². The minimum atomic E-state index is -0.447. The number of β-amino-alcohol motifs (C(OH)–C–C–N with tert-alkyl or cyclic N) is 1. The molecule has 1 heterocycles. The Balaban J connectivity index is 1.73. The van der Waals surface area contributed by atoms with E-state index in [0.29, 0.717) is 30.2 Å². The van der Waals surface area contributed by atoms with Crippen LogP contribution in [0, 0.1) is 11.6 Å². The minimum Gasteiger partial charge on any atom is -0.487 e. The van der Waals surface area contributed by atoms with Crippen molar-refractivity contribution in [2.75, 3.05) is 18.0 Å². The first-order chi connectivity index (χ1) is 11.0. The number of aliphatic hydroxyl groups excluding tert-OH is 1. The Labute approximate surface area is 138 Å². The van der Waals surface area contributed by atoms with Crippen LogP contribution in [-0.2, 0) is 6.61 Å². The number of hydrogen-bond donors (Lipinski definition) is 1. The summed E-state index contributed by atoms with van der Waals surface area (Å²) in [5.41, 5.74) is 1.12. The van der Waals surface area contributed by atoms with Gasteiger partial charge in [-0.2, -0.15) is 0 Å². The quantitative estimate of drug-likeness (QED) is 0.920. The molecule has 122 valence electrons. The van der Waals surface area contributed by atoms with Crippen molar-refractivity contribution in [3.63, 3.8) is 0 Å². The second kappa shape index (κ2) is 6.72. The zero-order chi connectivity index (χ0) is 16.4. The van der Waals surface area contributed by atoms with Crippen molar-refractivity contribution < 1.29 is 18.6 Å². The van der Waals surface area contributed by atoms with E-state index in [1.807, 2.05) is 0 Å². The Hall–Kier alpha value is -1.85. The van der Waals surface area contributed by atoms with Crippen LogP contribution in [0.15, 0.2) is 36.4 Å². The van der Waals surface area contributed by atoms with Gasteiger partial charge in [0.25, 0.3) is 0 Å². The van der Waals surface area contributed by atoms with Gasteiger partial charge in [-0.3, -0.25) is 0 Å². The molecule has 1 fully saturated rings. The van der Waals surface area contributed by atoms with Crippen LogP contribution in [0.1, 0.15) is 12.0 Å². The highest BCUT2D eigenvalue weighted by molar-refractivity contribution is 6.32. The zero-order valence-corrected chi connectivity index (χ0v) is 13.1. The fraction of sp³-hybridized carbons (Fsp3) is 0.294. The van der Waals surface area contributed by atoms with Crippen LogP contribution in [0.5, 0.6) is 5.75 Å². The van der Waals surface area contributed by atoms with Crippen LogP contribution in [0.2, 0.25) is 5.02 Å². The van der Waals surface area contributed by atoms with Gasteiger partial charge in [-0.1, -0.05) is 23.7 Å². The second-order valence-electron chi connectivity index (χ2n) is 5.54. The van der Waals surface area contributed by atoms with Gasteiger partial charge in [-0.25, -0.2) is 8.78 Å². The largest absolute Gasteiger partial charge is 0.487 e. The van der Waals surface area contributed by atoms with Gasteiger partial charge in [0, 0.05) is 19.2 Å². The van der Waals surface area contributed by atoms with Crippen molar-refractivity contribution >= 4 is 17.3 Å². The van der Waals surface area contributed by atoms with Crippen molar-refractivity contribution in [3.05, 3.63) is 58.6 Å². The molecular formula is C17H16ClF2NO2. The van der Waals surface area contributed by atoms with E-state index in [4.69, 9.17) is 16.3 Å². The van der Waals surface area contributed by atoms with E-state index in [2.05, 4.69) is 0 Å². The monoisotopic (exact) mass is 339 g/mol. The van der Waals surface area contributed by atoms with Gasteiger partial charge < -0.3 is 14.7 Å². The summed E-state index contributed by atoms with van der Waals surface area (Å²) in [4.78, 5) is 1.76. The number of rotatable bonds is 4. The Kier molecular flexibility index (Phi) is 4.68. The summed E-state index contributed by atoms with van der Waals surface area (Å²) in [5, 5.41) is 9.85. The maximum absolute atomic E-state index is 14.3. The Morgan fingerprint density at radius 3 is 2.61 bits per heavy atom. The van der Waals surface area contributed by atoms with E-state index < -0.39 is 11.9 Å². The third-order valence-corrected chi connectivity index (χ3v) is 4.11. The first-order valence-electron chi connectivity index (χ1n) is 7.32. The average molecular weight is 340 g/mol. The lowest BCUT2D eigenvalue weighted by Gasteiger charge is -2.20. The maximum Gasteiger partial charge on any atom is 0.150 e. The molecule has 1 saturated heterocycles. The third kappa shape index (κ3) is 3.74. The molecule has 1 aliphatic rings. The summed E-state index contributed by atoms with van der Waals surface area (Å²) in [7, 11) is 0. The standard InChI is InChI=1S/C17H16ClF2NO2/c18-14-7-16(21-6-5-13(22)9-21)15(20)8-17(14)23-10-11-1-3-12(19)4-2-11/h1-4,7-8,13,22H,5-6,9-10H2. The third-order valence-electron chi connectivity index (χ3n) is 3.81. The van der Waals surface area contributed by atoms with Gasteiger partial charge in [0.15, 0.2) is 0 Å². The van der Waals surface area contributed by atoms with Gasteiger partial charge in [0.05, 0.1) is 16.8 Å². The first-order valence-corrected chi connectivity index (χ1v) is 7.70. The molecule has 0 saturated carbocycles. The molecule has 0 spiro atoms. The molecule has 1 aliphatic heterocycles. The summed E-state index contributed by atoms with van der Waals surface area (Å²) in [6.07, 6.45) is 0.169. The predicted octanol–water partition coefficient (Wildman–Crippen LogP) is 3.77. The highest BCUT2D eigenvalue weighted by Gasteiger charge is 2.24. The maximum atomic E-state index is 14.3. The number of nitrogens with zero attached hydrogens (tertiary/aromatic N) is 1. The van der Waals surface area contributed by atoms with E-state index in [9.17, 15) is 13.9 Å². The van der Waals surface area contributed by atoms with Crippen LogP contribution in [0.3, 0.4) is 0 Å². The summed E-state index contributed by atoms with van der Waals surface area (Å²) >= 11 is 6.17. The van der Waals surface area contributed by atoms with E-state index in [1.54, 1.807) is 17.0 Å². The molecule has 0 aliphatic carbocycles. The molecule has 0 radical (unpaired) electrons. The minimum absolute atomic E-state index is 0.168. The second-order valence-corrected chi connectivity index (χ2v) is 5.94. The molecule has 2 aromatic rings. The molecule has 0 aromatic heterocycles. The van der Waals surface area contributed by atoms with Crippen LogP contribution < -0.4 is 9.64 Å². The molecule has 6 heteroatoms. The fourth-order valence-electron chi connectivity index (χ4n) is 2.57. The molecule has 3 nitrogen and oxygen atoms in total. The van der Waals surface area contributed by atoms with Gasteiger partial charge >= 0.3 is 0 Å². The Morgan fingerprint density at radius 2 is 1.96 bits per heavy atom. The topological polar surface area (TPSA) is 32.7 Å². The Morgan fingerprint density at radius 1 is 1.22 bits per heavy atom. The van der Waals surface area contributed by atoms with Gasteiger partial charge in [0.1, 0.15) is 24.0 Å². The van der Waals surface area contributed by atoms with Gasteiger partial charge in [-0.15, -0.1) is 0 Å². The van der Waals surface area contributed by atoms with Crippen molar-refractivity contribution in [3.8, 4) is 5.75 Å². The number of benzene rings is 2. The number of anilines is 1. The van der Waals surface area contributed by atoms with Crippen molar-refractivity contribution in [2.24, 2.45) is 0 Å². The van der Waals surface area contributed by atoms with E-state index in [1.165, 1.54) is 24.3 Å². The van der Waals surface area contributed by atoms with E-state index in [0.717, 1.165) is 5.56 Å².